The van der Waals surface area contributed by atoms with E-state index in [2.05, 4.69) is 27.8 Å². The van der Waals surface area contributed by atoms with E-state index in [1.807, 2.05) is 33.8 Å². The van der Waals surface area contributed by atoms with Crippen molar-refractivity contribution in [3.63, 3.8) is 0 Å². The number of benzene rings is 3. The molecule has 0 radical (unpaired) electrons. The molecule has 3 aromatic rings. The van der Waals surface area contributed by atoms with Gasteiger partial charge in [-0.3, -0.25) is 4.79 Å². The summed E-state index contributed by atoms with van der Waals surface area (Å²) in [5.41, 5.74) is 1.75. The first-order valence-electron chi connectivity index (χ1n) is 16.9. The van der Waals surface area contributed by atoms with Gasteiger partial charge in [-0.25, -0.2) is 9.18 Å². The molecule has 9 nitrogen and oxygen atoms in total. The van der Waals surface area contributed by atoms with E-state index in [1.54, 1.807) is 36.4 Å². The first-order chi connectivity index (χ1) is 22.7. The lowest BCUT2D eigenvalue weighted by atomic mass is 10.1. The highest BCUT2D eigenvalue weighted by atomic mass is 19.1. The molecule has 3 N–H and O–H groups in total. The van der Waals surface area contributed by atoms with Gasteiger partial charge in [0.15, 0.2) is 11.5 Å². The number of nitrogens with zero attached hydrogens (tertiary/aromatic N) is 1. The third kappa shape index (κ3) is 10.3. The molecule has 254 valence electrons. The van der Waals surface area contributed by atoms with Crippen LogP contribution in [-0.4, -0.2) is 55.2 Å². The highest BCUT2D eigenvalue weighted by Crippen LogP contribution is 2.35. The number of unbranched alkanes of at least 4 members (excludes halogenated alkanes) is 1. The monoisotopic (exact) mass is 648 g/mol. The van der Waals surface area contributed by atoms with E-state index in [1.165, 1.54) is 25.0 Å². The van der Waals surface area contributed by atoms with Crippen molar-refractivity contribution in [3.05, 3.63) is 71.5 Å². The van der Waals surface area contributed by atoms with Crippen LogP contribution in [0.2, 0.25) is 0 Å². The van der Waals surface area contributed by atoms with E-state index in [0.717, 1.165) is 56.6 Å². The minimum atomic E-state index is -0.645. The second-order valence-corrected chi connectivity index (χ2v) is 11.9. The van der Waals surface area contributed by atoms with Crippen LogP contribution in [0.4, 0.5) is 20.6 Å². The summed E-state index contributed by atoms with van der Waals surface area (Å²) in [7, 11) is 0. The quantitative estimate of drug-likeness (QED) is 0.153. The molecule has 1 heterocycles. The predicted octanol–water partition coefficient (Wildman–Crippen LogP) is 8.53. The van der Waals surface area contributed by atoms with Gasteiger partial charge in [-0.05, 0) is 101 Å². The molecule has 0 bridgehead atoms. The third-order valence-corrected chi connectivity index (χ3v) is 8.35. The maximum absolute atomic E-state index is 15.2. The second-order valence-electron chi connectivity index (χ2n) is 11.9. The van der Waals surface area contributed by atoms with Gasteiger partial charge in [-0.15, -0.1) is 0 Å². The molecule has 1 aliphatic rings. The van der Waals surface area contributed by atoms with Crippen LogP contribution in [0.5, 0.6) is 23.0 Å². The molecule has 0 aliphatic carbocycles. The average molecular weight is 649 g/mol. The summed E-state index contributed by atoms with van der Waals surface area (Å²) in [6.07, 6.45) is 6.22. The first-order valence-corrected chi connectivity index (χ1v) is 16.9. The van der Waals surface area contributed by atoms with Crippen LogP contribution in [0.1, 0.15) is 82.1 Å². The summed E-state index contributed by atoms with van der Waals surface area (Å²) < 4.78 is 33.1. The van der Waals surface area contributed by atoms with Gasteiger partial charge in [0.05, 0.1) is 12.3 Å². The van der Waals surface area contributed by atoms with Crippen LogP contribution in [0, 0.1) is 12.7 Å². The van der Waals surface area contributed by atoms with Crippen LogP contribution in [0.3, 0.4) is 0 Å². The molecule has 4 rings (SSSR count). The van der Waals surface area contributed by atoms with Gasteiger partial charge < -0.3 is 35.1 Å². The van der Waals surface area contributed by atoms with Crippen molar-refractivity contribution >= 4 is 23.3 Å². The lowest BCUT2D eigenvalue weighted by Crippen LogP contribution is -2.38. The molecule has 0 atom stereocenters. The highest BCUT2D eigenvalue weighted by Gasteiger charge is 2.21. The molecule has 1 aliphatic heterocycles. The molecular formula is C37H49FN4O5. The van der Waals surface area contributed by atoms with Gasteiger partial charge in [0.25, 0.3) is 5.91 Å². The van der Waals surface area contributed by atoms with E-state index < -0.39 is 11.7 Å². The average Bonchev–Trinajstić information content (AvgIpc) is 3.06. The normalized spacial score (nSPS) is 13.7. The lowest BCUT2D eigenvalue weighted by Gasteiger charge is -2.32. The largest absolute Gasteiger partial charge is 0.490 e. The van der Waals surface area contributed by atoms with Gasteiger partial charge in [0.1, 0.15) is 23.4 Å². The van der Waals surface area contributed by atoms with Crippen molar-refractivity contribution in [3.8, 4) is 23.0 Å². The number of urea groups is 1. The molecule has 47 heavy (non-hydrogen) atoms. The Labute approximate surface area is 278 Å². The number of ether oxygens (including phenoxy) is 3. The van der Waals surface area contributed by atoms with Crippen molar-refractivity contribution in [1.29, 1.82) is 0 Å². The number of hydrogen-bond donors (Lipinski definition) is 3. The van der Waals surface area contributed by atoms with Crippen LogP contribution in [0.15, 0.2) is 54.6 Å². The Hall–Kier alpha value is -4.31. The van der Waals surface area contributed by atoms with E-state index >= 15 is 4.39 Å². The number of anilines is 2. The zero-order chi connectivity index (χ0) is 33.8. The van der Waals surface area contributed by atoms with Crippen molar-refractivity contribution in [2.24, 2.45) is 0 Å². The topological polar surface area (TPSA) is 101 Å². The third-order valence-electron chi connectivity index (χ3n) is 8.35. The summed E-state index contributed by atoms with van der Waals surface area (Å²) >= 11 is 0. The van der Waals surface area contributed by atoms with Gasteiger partial charge in [-0.1, -0.05) is 27.2 Å². The number of hydrogen-bond acceptors (Lipinski definition) is 6. The Bertz CT molecular complexity index is 1490. The molecule has 3 aromatic carbocycles. The Morgan fingerprint density at radius 1 is 0.915 bits per heavy atom. The smallest absolute Gasteiger partial charge is 0.319 e. The fourth-order valence-electron chi connectivity index (χ4n) is 5.55. The number of rotatable bonds is 15. The van der Waals surface area contributed by atoms with Gasteiger partial charge in [-0.2, -0.15) is 0 Å². The van der Waals surface area contributed by atoms with Crippen LogP contribution < -0.4 is 30.2 Å². The maximum Gasteiger partial charge on any atom is 0.319 e. The molecule has 3 amide bonds. The van der Waals surface area contributed by atoms with E-state index in [4.69, 9.17) is 14.2 Å². The van der Waals surface area contributed by atoms with Crippen LogP contribution in [0.25, 0.3) is 0 Å². The number of amides is 3. The SMILES string of the molecule is CCCCN1CCC(Oc2ccc(C(=O)Nc3ccc(Oc4ccc(NC(=O)NC(CC)CC)cc4OCC)cc3F)c(C)c2)CC1. The molecular weight excluding hydrogens is 599 g/mol. The summed E-state index contributed by atoms with van der Waals surface area (Å²) in [6.45, 7) is 13.5. The number of aryl methyl sites for hydroxylation is 1. The molecule has 10 heteroatoms. The zero-order valence-corrected chi connectivity index (χ0v) is 28.3. The molecule has 1 fully saturated rings. The molecule has 0 saturated carbocycles. The molecule has 0 spiro atoms. The minimum Gasteiger partial charge on any atom is -0.490 e. The van der Waals surface area contributed by atoms with Crippen LogP contribution >= 0.6 is 0 Å². The Kier molecular flexibility index (Phi) is 13.3. The Morgan fingerprint density at radius 3 is 2.32 bits per heavy atom. The van der Waals surface area contributed by atoms with Crippen molar-refractivity contribution < 1.29 is 28.2 Å². The first kappa shape index (κ1) is 35.5. The Morgan fingerprint density at radius 2 is 1.66 bits per heavy atom. The number of halogens is 1. The number of piperidine rings is 1. The van der Waals surface area contributed by atoms with Gasteiger partial charge in [0, 0.05) is 42.5 Å². The standard InChI is InChI=1S/C37H49FN4O5/c1-6-10-19-42-20-17-28(18-21-42)46-29-12-14-31(25(5)22-29)36(43)41-33-15-13-30(24-32(33)38)47-34-16-11-27(23-35(34)45-9-4)40-37(44)39-26(7-2)8-3/h11-16,22-24,26,28H,6-10,17-21H2,1-5H3,(H,41,43)(H2,39,40,44). The van der Waals surface area contributed by atoms with Crippen molar-refractivity contribution in [1.82, 2.24) is 10.2 Å². The van der Waals surface area contributed by atoms with E-state index in [0.29, 0.717) is 29.4 Å². The fraction of sp³-hybridized carbons (Fsp3) is 0.459. The van der Waals surface area contributed by atoms with E-state index in [9.17, 15) is 9.59 Å². The minimum absolute atomic E-state index is 0.0324. The second kappa shape index (κ2) is 17.6. The summed E-state index contributed by atoms with van der Waals surface area (Å²) in [5, 5.41) is 8.42. The number of carbonyl (C=O) groups is 2. The molecule has 0 unspecified atom stereocenters. The number of nitrogens with one attached hydrogen (secondary N) is 3. The van der Waals surface area contributed by atoms with Crippen molar-refractivity contribution in [2.75, 3.05) is 36.9 Å². The lowest BCUT2D eigenvalue weighted by molar-refractivity contribution is 0.0996. The van der Waals surface area contributed by atoms with Gasteiger partial charge in [0.2, 0.25) is 0 Å². The fourth-order valence-corrected chi connectivity index (χ4v) is 5.55. The molecule has 1 saturated heterocycles. The summed E-state index contributed by atoms with van der Waals surface area (Å²) in [6, 6.07) is 14.4. The highest BCUT2D eigenvalue weighted by molar-refractivity contribution is 6.05. The maximum atomic E-state index is 15.2. The van der Waals surface area contributed by atoms with Crippen LogP contribution in [-0.2, 0) is 0 Å². The predicted molar refractivity (Wildman–Crippen MR) is 185 cm³/mol. The van der Waals surface area contributed by atoms with E-state index in [-0.39, 0.29) is 29.6 Å². The van der Waals surface area contributed by atoms with Gasteiger partial charge >= 0.3 is 6.03 Å². The summed E-state index contributed by atoms with van der Waals surface area (Å²) in [4.78, 5) is 28.0. The summed E-state index contributed by atoms with van der Waals surface area (Å²) in [5.74, 6) is 0.648. The number of likely N-dealkylation sites (tertiary alicyclic amines) is 1. The zero-order valence-electron chi connectivity index (χ0n) is 28.3. The van der Waals surface area contributed by atoms with Crippen molar-refractivity contribution in [2.45, 2.75) is 85.3 Å². The number of carbonyl (C=O) groups excluding carboxylic acids is 2. The Balaban J connectivity index is 1.35. The molecule has 0 aromatic heterocycles.